The summed E-state index contributed by atoms with van der Waals surface area (Å²) in [4.78, 5) is 0.140. The Labute approximate surface area is 131 Å². The Hall–Kier alpha value is -1.86. The van der Waals surface area contributed by atoms with Crippen molar-refractivity contribution >= 4 is 25.5 Å². The summed E-state index contributed by atoms with van der Waals surface area (Å²) in [7, 11) is -7.02. The van der Waals surface area contributed by atoms with Crippen molar-refractivity contribution in [2.75, 3.05) is 11.0 Å². The monoisotopic (exact) mass is 339 g/mol. The first-order valence-corrected chi connectivity index (χ1v) is 10.1. The summed E-state index contributed by atoms with van der Waals surface area (Å²) < 4.78 is 50.2. The van der Waals surface area contributed by atoms with E-state index >= 15 is 0 Å². The molecule has 118 valence electrons. The third-order valence-corrected chi connectivity index (χ3v) is 5.18. The molecule has 0 saturated carbocycles. The van der Waals surface area contributed by atoms with Gasteiger partial charge in [0.15, 0.2) is 9.84 Å². The molecule has 7 heteroatoms. The van der Waals surface area contributed by atoms with Crippen molar-refractivity contribution in [3.8, 4) is 0 Å². The molecule has 0 atom stereocenters. The Morgan fingerprint density at radius 2 is 1.64 bits per heavy atom. The van der Waals surface area contributed by atoms with Crippen LogP contribution in [0.2, 0.25) is 0 Å². The highest BCUT2D eigenvalue weighted by Crippen LogP contribution is 2.22. The molecule has 2 rings (SSSR count). The number of para-hydroxylation sites is 1. The van der Waals surface area contributed by atoms with Gasteiger partial charge in [0, 0.05) is 6.26 Å². The predicted octanol–water partition coefficient (Wildman–Crippen LogP) is 2.34. The van der Waals surface area contributed by atoms with Crippen LogP contribution in [-0.2, 0) is 25.6 Å². The normalized spacial score (nSPS) is 12.1. The van der Waals surface area contributed by atoms with E-state index in [9.17, 15) is 16.8 Å². The van der Waals surface area contributed by atoms with Crippen molar-refractivity contribution < 1.29 is 16.8 Å². The second kappa shape index (κ2) is 6.10. The van der Waals surface area contributed by atoms with E-state index in [1.807, 2.05) is 0 Å². The van der Waals surface area contributed by atoms with Gasteiger partial charge in [-0.3, -0.25) is 4.72 Å². The van der Waals surface area contributed by atoms with Crippen molar-refractivity contribution in [3.05, 3.63) is 59.7 Å². The first kappa shape index (κ1) is 16.5. The summed E-state index contributed by atoms with van der Waals surface area (Å²) in [5, 5.41) is 0. The Morgan fingerprint density at radius 1 is 0.955 bits per heavy atom. The maximum Gasteiger partial charge on any atom is 0.261 e. The number of nitrogens with one attached hydrogen (secondary N) is 1. The van der Waals surface area contributed by atoms with Crippen molar-refractivity contribution in [2.24, 2.45) is 0 Å². The first-order chi connectivity index (χ1) is 10.2. The topological polar surface area (TPSA) is 80.3 Å². The molecule has 0 unspecified atom stereocenters. The molecule has 0 aliphatic rings. The van der Waals surface area contributed by atoms with Gasteiger partial charge in [0.1, 0.15) is 0 Å². The summed E-state index contributed by atoms with van der Waals surface area (Å²) >= 11 is 0. The van der Waals surface area contributed by atoms with Crippen LogP contribution in [0.5, 0.6) is 0 Å². The molecule has 0 aliphatic carbocycles. The Bertz CT molecular complexity index is 887. The summed E-state index contributed by atoms with van der Waals surface area (Å²) in [6, 6.07) is 13.0. The van der Waals surface area contributed by atoms with Crippen molar-refractivity contribution in [1.29, 1.82) is 0 Å². The third kappa shape index (κ3) is 4.32. The highest BCUT2D eigenvalue weighted by molar-refractivity contribution is 7.92. The van der Waals surface area contributed by atoms with Crippen molar-refractivity contribution in [2.45, 2.75) is 17.6 Å². The lowest BCUT2D eigenvalue weighted by atomic mass is 10.2. The highest BCUT2D eigenvalue weighted by Gasteiger charge is 2.17. The smallest absolute Gasteiger partial charge is 0.261 e. The lowest BCUT2D eigenvalue weighted by Crippen LogP contribution is -2.15. The number of aryl methyl sites for hydroxylation is 1. The fourth-order valence-electron chi connectivity index (χ4n) is 2.01. The van der Waals surface area contributed by atoms with Crippen LogP contribution in [0.25, 0.3) is 0 Å². The van der Waals surface area contributed by atoms with Gasteiger partial charge in [-0.1, -0.05) is 30.3 Å². The van der Waals surface area contributed by atoms with Gasteiger partial charge in [0.25, 0.3) is 10.0 Å². The molecule has 0 heterocycles. The molecule has 0 aromatic heterocycles. The van der Waals surface area contributed by atoms with Gasteiger partial charge in [-0.2, -0.15) is 0 Å². The number of benzene rings is 2. The molecule has 1 N–H and O–H groups in total. The standard InChI is InChI=1S/C15H17NO4S2/c1-12-6-5-8-14(10-12)22(19,20)16-15-9-4-3-7-13(15)11-21(2,17)18/h3-10,16H,11H2,1-2H3. The van der Waals surface area contributed by atoms with E-state index in [1.54, 1.807) is 49.4 Å². The van der Waals surface area contributed by atoms with E-state index in [0.717, 1.165) is 11.8 Å². The molecule has 0 aliphatic heterocycles. The third-order valence-electron chi connectivity index (χ3n) is 2.98. The van der Waals surface area contributed by atoms with E-state index in [4.69, 9.17) is 0 Å². The van der Waals surface area contributed by atoms with Gasteiger partial charge in [-0.25, -0.2) is 16.8 Å². The highest BCUT2D eigenvalue weighted by atomic mass is 32.2. The van der Waals surface area contributed by atoms with E-state index in [2.05, 4.69) is 4.72 Å². The summed E-state index contributed by atoms with van der Waals surface area (Å²) in [5.41, 5.74) is 1.52. The molecule has 0 amide bonds. The molecular weight excluding hydrogens is 322 g/mol. The zero-order chi connectivity index (χ0) is 16.4. The van der Waals surface area contributed by atoms with Gasteiger partial charge in [0.05, 0.1) is 16.3 Å². The molecule has 0 saturated heterocycles. The number of sulfone groups is 1. The van der Waals surface area contributed by atoms with Gasteiger partial charge in [-0.05, 0) is 36.2 Å². The fraction of sp³-hybridized carbons (Fsp3) is 0.200. The van der Waals surface area contributed by atoms with Crippen LogP contribution in [0, 0.1) is 6.92 Å². The van der Waals surface area contributed by atoms with Crippen LogP contribution >= 0.6 is 0 Å². The lowest BCUT2D eigenvalue weighted by Gasteiger charge is -2.12. The average Bonchev–Trinajstić information content (AvgIpc) is 2.39. The largest absolute Gasteiger partial charge is 0.279 e. The van der Waals surface area contributed by atoms with Crippen LogP contribution in [0.1, 0.15) is 11.1 Å². The van der Waals surface area contributed by atoms with Crippen LogP contribution in [0.4, 0.5) is 5.69 Å². The average molecular weight is 339 g/mol. The summed E-state index contributed by atoms with van der Waals surface area (Å²) in [6.45, 7) is 1.80. The van der Waals surface area contributed by atoms with Gasteiger partial charge in [0.2, 0.25) is 0 Å². The number of hydrogen-bond acceptors (Lipinski definition) is 4. The van der Waals surface area contributed by atoms with Crippen molar-refractivity contribution in [1.82, 2.24) is 0 Å². The van der Waals surface area contributed by atoms with Crippen LogP contribution in [0.3, 0.4) is 0 Å². The van der Waals surface area contributed by atoms with E-state index < -0.39 is 19.9 Å². The van der Waals surface area contributed by atoms with Gasteiger partial charge >= 0.3 is 0 Å². The zero-order valence-electron chi connectivity index (χ0n) is 12.3. The van der Waals surface area contributed by atoms with Gasteiger partial charge in [-0.15, -0.1) is 0 Å². The molecule has 2 aromatic carbocycles. The Kier molecular flexibility index (Phi) is 4.58. The minimum absolute atomic E-state index is 0.140. The maximum absolute atomic E-state index is 12.4. The summed E-state index contributed by atoms with van der Waals surface area (Å²) in [6.07, 6.45) is 1.11. The lowest BCUT2D eigenvalue weighted by molar-refractivity contribution is 0.598. The Morgan fingerprint density at radius 3 is 2.27 bits per heavy atom. The van der Waals surface area contributed by atoms with Crippen molar-refractivity contribution in [3.63, 3.8) is 0 Å². The molecule has 0 radical (unpaired) electrons. The molecule has 0 bridgehead atoms. The molecule has 0 fully saturated rings. The minimum Gasteiger partial charge on any atom is -0.279 e. The SMILES string of the molecule is Cc1cccc(S(=O)(=O)Nc2ccccc2CS(C)(=O)=O)c1. The predicted molar refractivity (Wildman–Crippen MR) is 87.0 cm³/mol. The van der Waals surface area contributed by atoms with E-state index in [0.29, 0.717) is 5.56 Å². The van der Waals surface area contributed by atoms with Crippen LogP contribution < -0.4 is 4.72 Å². The Balaban J connectivity index is 2.38. The number of hydrogen-bond donors (Lipinski definition) is 1. The zero-order valence-corrected chi connectivity index (χ0v) is 13.9. The number of anilines is 1. The quantitative estimate of drug-likeness (QED) is 0.907. The molecule has 0 spiro atoms. The van der Waals surface area contributed by atoms with Crippen LogP contribution in [-0.4, -0.2) is 23.1 Å². The second-order valence-electron chi connectivity index (χ2n) is 5.15. The fourth-order valence-corrected chi connectivity index (χ4v) is 4.04. The van der Waals surface area contributed by atoms with E-state index in [-0.39, 0.29) is 16.3 Å². The minimum atomic E-state index is -3.76. The molecule has 2 aromatic rings. The maximum atomic E-state index is 12.4. The number of sulfonamides is 1. The van der Waals surface area contributed by atoms with E-state index in [1.165, 1.54) is 6.07 Å². The molecule has 5 nitrogen and oxygen atoms in total. The second-order valence-corrected chi connectivity index (χ2v) is 8.97. The van der Waals surface area contributed by atoms with Crippen LogP contribution in [0.15, 0.2) is 53.4 Å². The number of rotatable bonds is 5. The summed E-state index contributed by atoms with van der Waals surface area (Å²) in [5.74, 6) is -0.223. The first-order valence-electron chi connectivity index (χ1n) is 6.52. The molecule has 22 heavy (non-hydrogen) atoms. The molecular formula is C15H17NO4S2. The van der Waals surface area contributed by atoms with Gasteiger partial charge < -0.3 is 0 Å².